The molecule has 0 bridgehead atoms. The summed E-state index contributed by atoms with van der Waals surface area (Å²) in [7, 11) is -2.18. The van der Waals surface area contributed by atoms with E-state index >= 15 is 0 Å². The molecule has 2 rings (SSSR count). The maximum atomic E-state index is 12.9. The molecule has 27 heavy (non-hydrogen) atoms. The van der Waals surface area contributed by atoms with Gasteiger partial charge >= 0.3 is 0 Å². The van der Waals surface area contributed by atoms with Gasteiger partial charge in [-0.2, -0.15) is 4.31 Å². The molecule has 0 radical (unpaired) electrons. The molecule has 8 nitrogen and oxygen atoms in total. The first-order chi connectivity index (χ1) is 12.8. The SMILES string of the molecule is CCNC(=O)[C@H](C)NC(=O)[C@@H]1CCCN(S(=O)(=O)c2ccc(OC)cc2)C1. The highest BCUT2D eigenvalue weighted by atomic mass is 32.2. The first-order valence-corrected chi connectivity index (χ1v) is 10.5. The highest BCUT2D eigenvalue weighted by molar-refractivity contribution is 7.89. The third-order valence-corrected chi connectivity index (χ3v) is 6.43. The van der Waals surface area contributed by atoms with Crippen molar-refractivity contribution in [1.82, 2.24) is 14.9 Å². The molecule has 150 valence electrons. The van der Waals surface area contributed by atoms with Gasteiger partial charge in [-0.1, -0.05) is 0 Å². The number of nitrogens with one attached hydrogen (secondary N) is 2. The highest BCUT2D eigenvalue weighted by Crippen LogP contribution is 2.25. The van der Waals surface area contributed by atoms with Crippen molar-refractivity contribution in [2.75, 3.05) is 26.7 Å². The first-order valence-electron chi connectivity index (χ1n) is 9.02. The predicted molar refractivity (Wildman–Crippen MR) is 101 cm³/mol. The van der Waals surface area contributed by atoms with Crippen molar-refractivity contribution in [3.8, 4) is 5.75 Å². The summed E-state index contributed by atoms with van der Waals surface area (Å²) < 4.78 is 32.1. The monoisotopic (exact) mass is 397 g/mol. The summed E-state index contributed by atoms with van der Waals surface area (Å²) in [6, 6.07) is 5.51. The van der Waals surface area contributed by atoms with Crippen LogP contribution in [0.3, 0.4) is 0 Å². The molecule has 2 amide bonds. The molecule has 1 heterocycles. The lowest BCUT2D eigenvalue weighted by Gasteiger charge is -2.31. The summed E-state index contributed by atoms with van der Waals surface area (Å²) in [5, 5.41) is 5.32. The second-order valence-electron chi connectivity index (χ2n) is 6.50. The van der Waals surface area contributed by atoms with Gasteiger partial charge in [0.15, 0.2) is 0 Å². The number of carbonyl (C=O) groups excluding carboxylic acids is 2. The molecule has 0 aromatic heterocycles. The van der Waals surface area contributed by atoms with Gasteiger partial charge in [-0.05, 0) is 51.0 Å². The lowest BCUT2D eigenvalue weighted by molar-refractivity contribution is -0.131. The van der Waals surface area contributed by atoms with Gasteiger partial charge in [-0.3, -0.25) is 9.59 Å². The van der Waals surface area contributed by atoms with E-state index in [9.17, 15) is 18.0 Å². The fourth-order valence-corrected chi connectivity index (χ4v) is 4.52. The second-order valence-corrected chi connectivity index (χ2v) is 8.44. The summed E-state index contributed by atoms with van der Waals surface area (Å²) in [4.78, 5) is 24.4. The van der Waals surface area contributed by atoms with Crippen LogP contribution in [-0.2, 0) is 19.6 Å². The normalized spacial score (nSPS) is 19.1. The number of methoxy groups -OCH3 is 1. The van der Waals surface area contributed by atoms with E-state index < -0.39 is 22.0 Å². The minimum absolute atomic E-state index is 0.0995. The summed E-state index contributed by atoms with van der Waals surface area (Å²) in [5.74, 6) is -0.472. The third kappa shape index (κ3) is 5.20. The molecular weight excluding hydrogens is 370 g/mol. The van der Waals surface area contributed by atoms with E-state index in [1.165, 1.54) is 23.5 Å². The maximum Gasteiger partial charge on any atom is 0.243 e. The number of carbonyl (C=O) groups is 2. The molecule has 2 N–H and O–H groups in total. The molecule has 9 heteroatoms. The fraction of sp³-hybridized carbons (Fsp3) is 0.556. The predicted octanol–water partition coefficient (Wildman–Crippen LogP) is 0.737. The zero-order valence-electron chi connectivity index (χ0n) is 15.9. The Morgan fingerprint density at radius 1 is 1.30 bits per heavy atom. The van der Waals surface area contributed by atoms with Crippen LogP contribution in [0.4, 0.5) is 0 Å². The van der Waals surface area contributed by atoms with Gasteiger partial charge < -0.3 is 15.4 Å². The van der Waals surface area contributed by atoms with Gasteiger partial charge in [0, 0.05) is 19.6 Å². The molecule has 1 aliphatic rings. The second kappa shape index (κ2) is 9.18. The zero-order valence-corrected chi connectivity index (χ0v) is 16.7. The average Bonchev–Trinajstić information content (AvgIpc) is 2.68. The molecule has 2 atom stereocenters. The van der Waals surface area contributed by atoms with E-state index in [2.05, 4.69) is 10.6 Å². The van der Waals surface area contributed by atoms with Crippen molar-refractivity contribution < 1.29 is 22.7 Å². The van der Waals surface area contributed by atoms with E-state index in [4.69, 9.17) is 4.74 Å². The Labute approximate surface area is 160 Å². The topological polar surface area (TPSA) is 105 Å². The van der Waals surface area contributed by atoms with Crippen molar-refractivity contribution in [1.29, 1.82) is 0 Å². The Bertz CT molecular complexity index is 764. The Kier molecular flexibility index (Phi) is 7.20. The van der Waals surface area contributed by atoms with Gasteiger partial charge in [0.05, 0.1) is 17.9 Å². The first kappa shape index (κ1) is 21.2. The van der Waals surface area contributed by atoms with Crippen molar-refractivity contribution in [3.63, 3.8) is 0 Å². The number of ether oxygens (including phenoxy) is 1. The van der Waals surface area contributed by atoms with Crippen LogP contribution in [-0.4, -0.2) is 57.3 Å². The average molecular weight is 397 g/mol. The van der Waals surface area contributed by atoms with Crippen LogP contribution in [0, 0.1) is 5.92 Å². The number of piperidine rings is 1. The van der Waals surface area contributed by atoms with Gasteiger partial charge in [-0.15, -0.1) is 0 Å². The fourth-order valence-electron chi connectivity index (χ4n) is 3.00. The molecule has 1 aromatic carbocycles. The molecule has 0 saturated carbocycles. The van der Waals surface area contributed by atoms with E-state index in [0.29, 0.717) is 31.7 Å². The largest absolute Gasteiger partial charge is 0.497 e. The molecule has 1 fully saturated rings. The van der Waals surface area contributed by atoms with Gasteiger partial charge in [0.25, 0.3) is 0 Å². The van der Waals surface area contributed by atoms with E-state index in [1.54, 1.807) is 26.0 Å². The Morgan fingerprint density at radius 2 is 1.96 bits per heavy atom. The summed E-state index contributed by atoms with van der Waals surface area (Å²) in [6.07, 6.45) is 1.17. The summed E-state index contributed by atoms with van der Waals surface area (Å²) >= 11 is 0. The summed E-state index contributed by atoms with van der Waals surface area (Å²) in [6.45, 7) is 4.36. The number of hydrogen-bond donors (Lipinski definition) is 2. The Morgan fingerprint density at radius 3 is 2.56 bits per heavy atom. The minimum Gasteiger partial charge on any atom is -0.497 e. The molecule has 1 aliphatic heterocycles. The van der Waals surface area contributed by atoms with Crippen LogP contribution < -0.4 is 15.4 Å². The molecular formula is C18H27N3O5S. The molecule has 0 unspecified atom stereocenters. The number of hydrogen-bond acceptors (Lipinski definition) is 5. The lowest BCUT2D eigenvalue weighted by Crippen LogP contribution is -2.50. The lowest BCUT2D eigenvalue weighted by atomic mass is 9.98. The minimum atomic E-state index is -3.69. The number of benzene rings is 1. The van der Waals surface area contributed by atoms with Gasteiger partial charge in [0.1, 0.15) is 11.8 Å². The number of nitrogens with zero attached hydrogens (tertiary/aromatic N) is 1. The number of amides is 2. The quantitative estimate of drug-likeness (QED) is 0.706. The molecule has 1 aromatic rings. The van der Waals surface area contributed by atoms with Crippen LogP contribution in [0.25, 0.3) is 0 Å². The standard InChI is InChI=1S/C18H27N3O5S/c1-4-19-17(22)13(2)20-18(23)14-6-5-11-21(12-14)27(24,25)16-9-7-15(26-3)8-10-16/h7-10,13-14H,4-6,11-12H2,1-3H3,(H,19,22)(H,20,23)/t13-,14+/m0/s1. The van der Waals surface area contributed by atoms with E-state index in [1.807, 2.05) is 0 Å². The Balaban J connectivity index is 2.05. The van der Waals surface area contributed by atoms with Crippen molar-refractivity contribution in [2.45, 2.75) is 37.6 Å². The van der Waals surface area contributed by atoms with Gasteiger partial charge in [0.2, 0.25) is 21.8 Å². The zero-order chi connectivity index (χ0) is 20.0. The van der Waals surface area contributed by atoms with Crippen molar-refractivity contribution >= 4 is 21.8 Å². The molecule has 0 spiro atoms. The van der Waals surface area contributed by atoms with Crippen molar-refractivity contribution in [2.24, 2.45) is 5.92 Å². The van der Waals surface area contributed by atoms with Crippen LogP contribution in [0.15, 0.2) is 29.2 Å². The summed E-state index contributed by atoms with van der Waals surface area (Å²) in [5.41, 5.74) is 0. The van der Waals surface area contributed by atoms with Crippen LogP contribution in [0.5, 0.6) is 5.75 Å². The maximum absolute atomic E-state index is 12.9. The van der Waals surface area contributed by atoms with Crippen molar-refractivity contribution in [3.05, 3.63) is 24.3 Å². The Hall–Kier alpha value is -2.13. The van der Waals surface area contributed by atoms with E-state index in [-0.39, 0.29) is 23.3 Å². The van der Waals surface area contributed by atoms with Crippen LogP contribution in [0.1, 0.15) is 26.7 Å². The third-order valence-electron chi connectivity index (χ3n) is 4.56. The smallest absolute Gasteiger partial charge is 0.243 e. The van der Waals surface area contributed by atoms with E-state index in [0.717, 1.165) is 0 Å². The highest BCUT2D eigenvalue weighted by Gasteiger charge is 2.34. The molecule has 1 saturated heterocycles. The number of sulfonamides is 1. The number of likely N-dealkylation sites (N-methyl/N-ethyl adjacent to an activating group) is 1. The van der Waals surface area contributed by atoms with Crippen LogP contribution >= 0.6 is 0 Å². The van der Waals surface area contributed by atoms with Gasteiger partial charge in [-0.25, -0.2) is 8.42 Å². The van der Waals surface area contributed by atoms with Crippen LogP contribution in [0.2, 0.25) is 0 Å². The number of rotatable bonds is 7. The molecule has 0 aliphatic carbocycles.